The van der Waals surface area contributed by atoms with Gasteiger partial charge in [0.2, 0.25) is 0 Å². The van der Waals surface area contributed by atoms with Crippen LogP contribution in [0.15, 0.2) is 6.20 Å². The van der Waals surface area contributed by atoms with Crippen molar-refractivity contribution in [2.24, 2.45) is 0 Å². The molecular formula is C16H31N3OS. The molecule has 0 aliphatic carbocycles. The molecule has 1 heterocycles. The highest BCUT2D eigenvalue weighted by Crippen LogP contribution is 2.32. The molecule has 5 heteroatoms. The number of thioether (sulfide) groups is 1. The first-order valence-electron chi connectivity index (χ1n) is 7.90. The van der Waals surface area contributed by atoms with Crippen LogP contribution >= 0.6 is 11.8 Å². The molecule has 0 radical (unpaired) electrons. The second kappa shape index (κ2) is 8.69. The van der Waals surface area contributed by atoms with Crippen molar-refractivity contribution < 1.29 is 4.74 Å². The Kier molecular flexibility index (Phi) is 7.60. The van der Waals surface area contributed by atoms with Gasteiger partial charge < -0.3 is 10.1 Å². The standard InChI is InChI=1S/C16H31N3OS/c1-7-9-17-13(12-21-16(3,4)5)15-14(20-6)11-18-19(15)10-8-2/h11,13,17H,7-10,12H2,1-6H3. The van der Waals surface area contributed by atoms with Crippen molar-refractivity contribution in [3.8, 4) is 5.75 Å². The Balaban J connectivity index is 2.97. The van der Waals surface area contributed by atoms with E-state index < -0.39 is 0 Å². The summed E-state index contributed by atoms with van der Waals surface area (Å²) >= 11 is 1.98. The third-order valence-corrected chi connectivity index (χ3v) is 4.52. The zero-order chi connectivity index (χ0) is 15.9. The van der Waals surface area contributed by atoms with Gasteiger partial charge in [0, 0.05) is 17.0 Å². The molecule has 1 atom stereocenters. The molecule has 1 aromatic rings. The third kappa shape index (κ3) is 5.91. The molecule has 0 aliphatic rings. The van der Waals surface area contributed by atoms with Gasteiger partial charge in [0.1, 0.15) is 0 Å². The molecular weight excluding hydrogens is 282 g/mol. The van der Waals surface area contributed by atoms with E-state index in [0.29, 0.717) is 0 Å². The minimum absolute atomic E-state index is 0.259. The van der Waals surface area contributed by atoms with E-state index >= 15 is 0 Å². The fourth-order valence-electron chi connectivity index (χ4n) is 2.16. The van der Waals surface area contributed by atoms with E-state index in [-0.39, 0.29) is 10.8 Å². The predicted molar refractivity (Wildman–Crippen MR) is 92.3 cm³/mol. The Morgan fingerprint density at radius 2 is 2.05 bits per heavy atom. The van der Waals surface area contributed by atoms with E-state index in [1.54, 1.807) is 7.11 Å². The Labute approximate surface area is 134 Å². The highest BCUT2D eigenvalue weighted by molar-refractivity contribution is 8.00. The minimum Gasteiger partial charge on any atom is -0.493 e. The molecule has 0 aliphatic heterocycles. The average Bonchev–Trinajstić information content (AvgIpc) is 2.81. The molecule has 0 saturated carbocycles. The second-order valence-corrected chi connectivity index (χ2v) is 8.10. The van der Waals surface area contributed by atoms with Crippen molar-refractivity contribution >= 4 is 11.8 Å². The van der Waals surface area contributed by atoms with Gasteiger partial charge in [-0.05, 0) is 19.4 Å². The first-order valence-corrected chi connectivity index (χ1v) is 8.88. The molecule has 0 aromatic carbocycles. The lowest BCUT2D eigenvalue weighted by molar-refractivity contribution is 0.395. The first kappa shape index (κ1) is 18.4. The van der Waals surface area contributed by atoms with Crippen LogP contribution in [-0.4, -0.2) is 33.9 Å². The monoisotopic (exact) mass is 313 g/mol. The highest BCUT2D eigenvalue weighted by atomic mass is 32.2. The molecule has 21 heavy (non-hydrogen) atoms. The lowest BCUT2D eigenvalue weighted by atomic mass is 10.2. The summed E-state index contributed by atoms with van der Waals surface area (Å²) in [5.41, 5.74) is 1.18. The number of rotatable bonds is 9. The second-order valence-electron chi connectivity index (χ2n) is 6.25. The van der Waals surface area contributed by atoms with Crippen molar-refractivity contribution in [1.29, 1.82) is 0 Å². The summed E-state index contributed by atoms with van der Waals surface area (Å²) in [5.74, 6) is 1.92. The zero-order valence-corrected chi connectivity index (χ0v) is 15.2. The van der Waals surface area contributed by atoms with Gasteiger partial charge in [-0.15, -0.1) is 0 Å². The van der Waals surface area contributed by atoms with Crippen molar-refractivity contribution in [2.75, 3.05) is 19.4 Å². The Morgan fingerprint density at radius 1 is 1.33 bits per heavy atom. The summed E-state index contributed by atoms with van der Waals surface area (Å²) in [6.45, 7) is 13.1. The van der Waals surface area contributed by atoms with Gasteiger partial charge in [0.15, 0.2) is 5.75 Å². The quantitative estimate of drug-likeness (QED) is 0.751. The predicted octanol–water partition coefficient (Wildman–Crippen LogP) is 3.87. The maximum Gasteiger partial charge on any atom is 0.161 e. The van der Waals surface area contributed by atoms with Gasteiger partial charge in [-0.3, -0.25) is 4.68 Å². The lowest BCUT2D eigenvalue weighted by Gasteiger charge is -2.25. The molecule has 122 valence electrons. The SMILES string of the molecule is CCCNC(CSC(C)(C)C)c1c(OC)cnn1CCC. The van der Waals surface area contributed by atoms with Gasteiger partial charge in [0.25, 0.3) is 0 Å². The molecule has 0 saturated heterocycles. The number of nitrogens with one attached hydrogen (secondary N) is 1. The van der Waals surface area contributed by atoms with E-state index in [0.717, 1.165) is 37.4 Å². The van der Waals surface area contributed by atoms with E-state index in [1.165, 1.54) is 5.69 Å². The van der Waals surface area contributed by atoms with E-state index in [9.17, 15) is 0 Å². The van der Waals surface area contributed by atoms with Crippen molar-refractivity contribution in [3.05, 3.63) is 11.9 Å². The maximum atomic E-state index is 5.53. The summed E-state index contributed by atoms with van der Waals surface area (Å²) in [6.07, 6.45) is 4.04. The third-order valence-electron chi connectivity index (χ3n) is 3.15. The highest BCUT2D eigenvalue weighted by Gasteiger charge is 2.23. The van der Waals surface area contributed by atoms with Crippen LogP contribution in [0.25, 0.3) is 0 Å². The van der Waals surface area contributed by atoms with Gasteiger partial charge in [-0.25, -0.2) is 0 Å². The van der Waals surface area contributed by atoms with Crippen LogP contribution in [0.3, 0.4) is 0 Å². The average molecular weight is 314 g/mol. The zero-order valence-electron chi connectivity index (χ0n) is 14.4. The normalized spacial score (nSPS) is 13.4. The Bertz CT molecular complexity index is 412. The molecule has 1 aromatic heterocycles. The summed E-state index contributed by atoms with van der Waals surface area (Å²) in [6, 6.07) is 0.276. The maximum absolute atomic E-state index is 5.53. The number of aromatic nitrogens is 2. The lowest BCUT2D eigenvalue weighted by Crippen LogP contribution is -2.28. The minimum atomic E-state index is 0.259. The summed E-state index contributed by atoms with van der Waals surface area (Å²) < 4.78 is 7.88. The van der Waals surface area contributed by atoms with Crippen LogP contribution in [0.2, 0.25) is 0 Å². The molecule has 4 nitrogen and oxygen atoms in total. The summed E-state index contributed by atoms with van der Waals surface area (Å²) in [7, 11) is 1.73. The van der Waals surface area contributed by atoms with Crippen molar-refractivity contribution in [3.63, 3.8) is 0 Å². The largest absolute Gasteiger partial charge is 0.493 e. The number of nitrogens with zero attached hydrogens (tertiary/aromatic N) is 2. The number of aryl methyl sites for hydroxylation is 1. The van der Waals surface area contributed by atoms with Crippen LogP contribution in [-0.2, 0) is 6.54 Å². The fourth-order valence-corrected chi connectivity index (χ4v) is 3.11. The van der Waals surface area contributed by atoms with Crippen LogP contribution in [0.1, 0.15) is 59.2 Å². The molecule has 0 bridgehead atoms. The van der Waals surface area contributed by atoms with Gasteiger partial charge >= 0.3 is 0 Å². The van der Waals surface area contributed by atoms with Crippen LogP contribution in [0, 0.1) is 0 Å². The number of ether oxygens (including phenoxy) is 1. The Hall–Kier alpha value is -0.680. The van der Waals surface area contributed by atoms with Crippen molar-refractivity contribution in [1.82, 2.24) is 15.1 Å². The Morgan fingerprint density at radius 3 is 2.57 bits per heavy atom. The molecule has 0 fully saturated rings. The summed E-state index contributed by atoms with van der Waals surface area (Å²) in [5, 5.41) is 8.15. The van der Waals surface area contributed by atoms with Crippen LogP contribution < -0.4 is 10.1 Å². The molecule has 1 unspecified atom stereocenters. The topological polar surface area (TPSA) is 39.1 Å². The van der Waals surface area contributed by atoms with E-state index in [1.807, 2.05) is 18.0 Å². The number of hydrogen-bond donors (Lipinski definition) is 1. The van der Waals surface area contributed by atoms with Crippen LogP contribution in [0.4, 0.5) is 0 Å². The number of hydrogen-bond acceptors (Lipinski definition) is 4. The van der Waals surface area contributed by atoms with E-state index in [2.05, 4.69) is 49.7 Å². The van der Waals surface area contributed by atoms with Gasteiger partial charge in [-0.1, -0.05) is 34.6 Å². The molecule has 1 N–H and O–H groups in total. The molecule has 0 amide bonds. The molecule has 0 spiro atoms. The van der Waals surface area contributed by atoms with E-state index in [4.69, 9.17) is 4.74 Å². The first-order chi connectivity index (χ1) is 9.92. The number of methoxy groups -OCH3 is 1. The van der Waals surface area contributed by atoms with Gasteiger partial charge in [-0.2, -0.15) is 16.9 Å². The van der Waals surface area contributed by atoms with Crippen LogP contribution in [0.5, 0.6) is 5.75 Å². The smallest absolute Gasteiger partial charge is 0.161 e. The van der Waals surface area contributed by atoms with Crippen molar-refractivity contribution in [2.45, 2.75) is 64.8 Å². The molecule has 1 rings (SSSR count). The van der Waals surface area contributed by atoms with Gasteiger partial charge in [0.05, 0.1) is 25.0 Å². The summed E-state index contributed by atoms with van der Waals surface area (Å²) in [4.78, 5) is 0. The fraction of sp³-hybridized carbons (Fsp3) is 0.812.